The Bertz CT molecular complexity index is 617. The van der Waals surface area contributed by atoms with Crippen LogP contribution in [-0.2, 0) is 4.79 Å². The molecule has 1 N–H and O–H groups in total. The number of aliphatic carboxylic acids is 1. The topological polar surface area (TPSA) is 55.1 Å². The van der Waals surface area contributed by atoms with E-state index in [1.54, 1.807) is 29.1 Å². The molecule has 0 saturated heterocycles. The molecule has 0 fully saturated rings. The highest BCUT2D eigenvalue weighted by Crippen LogP contribution is 2.25. The van der Waals surface area contributed by atoms with Gasteiger partial charge in [-0.3, -0.25) is 0 Å². The molecular formula is C13H11ClN2O2. The number of aryl methyl sites for hydroxylation is 1. The SMILES string of the molecule is Cc1ccn(-c2c(Cl)cccc2/C=C/C(=O)O)n1. The van der Waals surface area contributed by atoms with E-state index >= 15 is 0 Å². The lowest BCUT2D eigenvalue weighted by Crippen LogP contribution is -1.99. The molecule has 0 radical (unpaired) electrons. The van der Waals surface area contributed by atoms with Gasteiger partial charge in [0, 0.05) is 17.8 Å². The van der Waals surface area contributed by atoms with Crippen LogP contribution in [0.4, 0.5) is 0 Å². The number of para-hydroxylation sites is 1. The van der Waals surface area contributed by atoms with E-state index in [-0.39, 0.29) is 0 Å². The lowest BCUT2D eigenvalue weighted by atomic mass is 10.1. The first-order valence-electron chi connectivity index (χ1n) is 5.30. The van der Waals surface area contributed by atoms with E-state index in [0.29, 0.717) is 16.3 Å². The van der Waals surface area contributed by atoms with Gasteiger partial charge in [0.15, 0.2) is 0 Å². The number of rotatable bonds is 3. The third-order valence-corrected chi connectivity index (χ3v) is 2.68. The maximum Gasteiger partial charge on any atom is 0.328 e. The van der Waals surface area contributed by atoms with Crippen LogP contribution in [0.25, 0.3) is 11.8 Å². The molecule has 0 bridgehead atoms. The van der Waals surface area contributed by atoms with Gasteiger partial charge in [0.2, 0.25) is 0 Å². The summed E-state index contributed by atoms with van der Waals surface area (Å²) in [7, 11) is 0. The minimum atomic E-state index is -1.00. The number of benzene rings is 1. The van der Waals surface area contributed by atoms with Crippen molar-refractivity contribution in [2.45, 2.75) is 6.92 Å². The molecule has 2 aromatic rings. The number of halogens is 1. The summed E-state index contributed by atoms with van der Waals surface area (Å²) in [6.45, 7) is 1.88. The second kappa shape index (κ2) is 5.06. The van der Waals surface area contributed by atoms with Crippen LogP contribution in [0.2, 0.25) is 5.02 Å². The van der Waals surface area contributed by atoms with Crippen molar-refractivity contribution in [2.75, 3.05) is 0 Å². The molecule has 0 aliphatic carbocycles. The molecule has 1 heterocycles. The van der Waals surface area contributed by atoms with Crippen LogP contribution in [-0.4, -0.2) is 20.9 Å². The van der Waals surface area contributed by atoms with Crippen molar-refractivity contribution in [3.05, 3.63) is 52.8 Å². The number of nitrogens with zero attached hydrogens (tertiary/aromatic N) is 2. The highest BCUT2D eigenvalue weighted by molar-refractivity contribution is 6.32. The number of carboxylic acid groups (broad SMARTS) is 1. The van der Waals surface area contributed by atoms with Crippen LogP contribution < -0.4 is 0 Å². The van der Waals surface area contributed by atoms with Crippen LogP contribution in [0.5, 0.6) is 0 Å². The molecule has 1 aromatic carbocycles. The minimum Gasteiger partial charge on any atom is -0.478 e. The smallest absolute Gasteiger partial charge is 0.328 e. The van der Waals surface area contributed by atoms with Crippen LogP contribution in [0, 0.1) is 6.92 Å². The largest absolute Gasteiger partial charge is 0.478 e. The Morgan fingerprint density at radius 3 is 2.83 bits per heavy atom. The van der Waals surface area contributed by atoms with Crippen molar-refractivity contribution in [1.29, 1.82) is 0 Å². The van der Waals surface area contributed by atoms with Crippen LogP contribution in [0.1, 0.15) is 11.3 Å². The highest BCUT2D eigenvalue weighted by Gasteiger charge is 2.08. The number of hydrogen-bond donors (Lipinski definition) is 1. The van der Waals surface area contributed by atoms with Gasteiger partial charge in [-0.25, -0.2) is 9.48 Å². The highest BCUT2D eigenvalue weighted by atomic mass is 35.5. The first-order valence-corrected chi connectivity index (χ1v) is 5.68. The molecule has 0 aliphatic rings. The molecule has 0 amide bonds. The van der Waals surface area contributed by atoms with Crippen molar-refractivity contribution < 1.29 is 9.90 Å². The van der Waals surface area contributed by atoms with Gasteiger partial charge >= 0.3 is 5.97 Å². The molecule has 0 spiro atoms. The number of hydrogen-bond acceptors (Lipinski definition) is 2. The summed E-state index contributed by atoms with van der Waals surface area (Å²) in [6.07, 6.45) is 4.36. The van der Waals surface area contributed by atoms with Gasteiger partial charge < -0.3 is 5.11 Å². The number of aromatic nitrogens is 2. The summed E-state index contributed by atoms with van der Waals surface area (Å²) in [6, 6.07) is 7.15. The lowest BCUT2D eigenvalue weighted by Gasteiger charge is -2.08. The molecule has 4 nitrogen and oxygen atoms in total. The maximum atomic E-state index is 10.6. The van der Waals surface area contributed by atoms with Crippen molar-refractivity contribution in [3.63, 3.8) is 0 Å². The fourth-order valence-electron chi connectivity index (χ4n) is 1.61. The van der Waals surface area contributed by atoms with Gasteiger partial charge in [0.25, 0.3) is 0 Å². The summed E-state index contributed by atoms with van der Waals surface area (Å²) in [4.78, 5) is 10.6. The predicted octanol–water partition coefficient (Wildman–Crippen LogP) is 2.93. The van der Waals surface area contributed by atoms with Crippen LogP contribution >= 0.6 is 11.6 Å². The zero-order valence-electron chi connectivity index (χ0n) is 9.67. The van der Waals surface area contributed by atoms with Gasteiger partial charge in [-0.2, -0.15) is 5.10 Å². The molecule has 2 rings (SSSR count). The molecule has 0 unspecified atom stereocenters. The first kappa shape index (κ1) is 12.4. The number of carboxylic acids is 1. The zero-order chi connectivity index (χ0) is 13.1. The Balaban J connectivity index is 2.54. The minimum absolute atomic E-state index is 0.519. The Morgan fingerprint density at radius 1 is 1.44 bits per heavy atom. The molecule has 1 aromatic heterocycles. The fraction of sp³-hybridized carbons (Fsp3) is 0.0769. The third kappa shape index (κ3) is 2.60. The van der Waals surface area contributed by atoms with Gasteiger partial charge in [0.05, 0.1) is 16.4 Å². The monoisotopic (exact) mass is 262 g/mol. The van der Waals surface area contributed by atoms with Crippen molar-refractivity contribution in [2.24, 2.45) is 0 Å². The molecule has 0 saturated carbocycles. The molecular weight excluding hydrogens is 252 g/mol. The van der Waals surface area contributed by atoms with E-state index in [4.69, 9.17) is 16.7 Å². The van der Waals surface area contributed by atoms with Crippen molar-refractivity contribution in [1.82, 2.24) is 9.78 Å². The van der Waals surface area contributed by atoms with Crippen molar-refractivity contribution >= 4 is 23.6 Å². The van der Waals surface area contributed by atoms with Gasteiger partial charge in [0.1, 0.15) is 0 Å². The maximum absolute atomic E-state index is 10.6. The Morgan fingerprint density at radius 2 is 2.22 bits per heavy atom. The second-order valence-electron chi connectivity index (χ2n) is 3.75. The Hall–Kier alpha value is -2.07. The summed E-state index contributed by atoms with van der Waals surface area (Å²) in [5, 5.41) is 13.5. The molecule has 0 aliphatic heterocycles. The summed E-state index contributed by atoms with van der Waals surface area (Å²) in [5.41, 5.74) is 2.24. The van der Waals surface area contributed by atoms with Crippen LogP contribution in [0.3, 0.4) is 0 Å². The first-order chi connectivity index (χ1) is 8.58. The van der Waals surface area contributed by atoms with Crippen molar-refractivity contribution in [3.8, 4) is 5.69 Å². The van der Waals surface area contributed by atoms with E-state index in [9.17, 15) is 4.79 Å². The standard InChI is InChI=1S/C13H11ClN2O2/c1-9-7-8-16(15-9)13-10(5-6-12(17)18)3-2-4-11(13)14/h2-8H,1H3,(H,17,18)/b6-5+. The van der Waals surface area contributed by atoms with Gasteiger partial charge in [-0.1, -0.05) is 23.7 Å². The fourth-order valence-corrected chi connectivity index (χ4v) is 1.88. The Kier molecular flexibility index (Phi) is 3.48. The average molecular weight is 263 g/mol. The predicted molar refractivity (Wildman–Crippen MR) is 70.0 cm³/mol. The number of carbonyl (C=O) groups is 1. The van der Waals surface area contributed by atoms with E-state index in [1.165, 1.54) is 6.08 Å². The average Bonchev–Trinajstić information content (AvgIpc) is 2.72. The van der Waals surface area contributed by atoms with Crippen LogP contribution in [0.15, 0.2) is 36.5 Å². The van der Waals surface area contributed by atoms with E-state index < -0.39 is 5.97 Å². The third-order valence-electron chi connectivity index (χ3n) is 2.37. The molecule has 92 valence electrons. The van der Waals surface area contributed by atoms with Gasteiger partial charge in [-0.05, 0) is 25.1 Å². The zero-order valence-corrected chi connectivity index (χ0v) is 10.4. The molecule has 18 heavy (non-hydrogen) atoms. The Labute approximate surface area is 109 Å². The summed E-state index contributed by atoms with van der Waals surface area (Å²) in [5.74, 6) is -1.00. The van der Waals surface area contributed by atoms with E-state index in [0.717, 1.165) is 11.8 Å². The lowest BCUT2D eigenvalue weighted by molar-refractivity contribution is -0.131. The van der Waals surface area contributed by atoms with E-state index in [1.807, 2.05) is 13.0 Å². The van der Waals surface area contributed by atoms with E-state index in [2.05, 4.69) is 5.10 Å². The molecule has 5 heteroatoms. The summed E-state index contributed by atoms with van der Waals surface area (Å²) >= 11 is 6.15. The quantitative estimate of drug-likeness (QED) is 0.866. The molecule has 0 atom stereocenters. The van der Waals surface area contributed by atoms with Gasteiger partial charge in [-0.15, -0.1) is 0 Å². The second-order valence-corrected chi connectivity index (χ2v) is 4.16. The summed E-state index contributed by atoms with van der Waals surface area (Å²) < 4.78 is 1.64. The normalized spacial score (nSPS) is 11.0.